The van der Waals surface area contributed by atoms with Crippen LogP contribution < -0.4 is 16.2 Å². The van der Waals surface area contributed by atoms with E-state index in [1.54, 1.807) is 12.1 Å². The van der Waals surface area contributed by atoms with E-state index in [1.807, 2.05) is 55.5 Å². The van der Waals surface area contributed by atoms with Gasteiger partial charge in [-0.05, 0) is 108 Å². The second-order valence-corrected chi connectivity index (χ2v) is 13.9. The summed E-state index contributed by atoms with van der Waals surface area (Å²) in [5.74, 6) is -0.307. The number of phenols is 1. The molecule has 44 heavy (non-hydrogen) atoms. The Morgan fingerprint density at radius 3 is 2.41 bits per heavy atom. The Bertz CT molecular complexity index is 1680. The third-order valence-corrected chi connectivity index (χ3v) is 10.9. The van der Waals surface area contributed by atoms with Gasteiger partial charge in [-0.15, -0.1) is 0 Å². The first-order chi connectivity index (χ1) is 21.0. The number of phenolic OH excluding ortho intramolecular Hbond substituents is 1. The number of guanidine groups is 1. The Labute approximate surface area is 258 Å². The fraction of sp³-hybridized carbons (Fsp3) is 0.382. The Hall–Kier alpha value is -3.86. The number of aliphatic hydroxyl groups excluding tert-OH is 1. The van der Waals surface area contributed by atoms with Gasteiger partial charge in [0.2, 0.25) is 6.23 Å². The third-order valence-electron chi connectivity index (χ3n) is 9.67. The first kappa shape index (κ1) is 30.2. The first-order valence-electron chi connectivity index (χ1n) is 15.1. The largest absolute Gasteiger partial charge is 0.508 e. The summed E-state index contributed by atoms with van der Waals surface area (Å²) in [4.78, 5) is 4.37. The number of rotatable bonds is 5. The molecule has 10 heteroatoms. The fourth-order valence-corrected chi connectivity index (χ4v) is 8.65. The second-order valence-electron chi connectivity index (χ2n) is 12.3. The molecule has 0 spiro atoms. The van der Waals surface area contributed by atoms with Gasteiger partial charge >= 0.3 is 0 Å². The molecule has 0 saturated carbocycles. The van der Waals surface area contributed by atoms with Crippen molar-refractivity contribution in [1.29, 1.82) is 0 Å². The fourth-order valence-electron chi connectivity index (χ4n) is 7.53. The smallest absolute Gasteiger partial charge is 0.268 e. The van der Waals surface area contributed by atoms with E-state index in [1.165, 1.54) is 12.1 Å². The predicted octanol–water partition coefficient (Wildman–Crippen LogP) is 5.22. The molecule has 4 heterocycles. The van der Waals surface area contributed by atoms with Crippen molar-refractivity contribution in [3.8, 4) is 11.5 Å². The van der Waals surface area contributed by atoms with Crippen LogP contribution in [0.15, 0.2) is 83.4 Å². The zero-order valence-corrected chi connectivity index (χ0v) is 25.4. The minimum atomic E-state index is -4.51. The Balaban J connectivity index is 1.54. The van der Waals surface area contributed by atoms with Crippen LogP contribution in [-0.2, 0) is 16.5 Å². The van der Waals surface area contributed by atoms with Crippen molar-refractivity contribution >= 4 is 16.1 Å². The van der Waals surface area contributed by atoms with Crippen LogP contribution >= 0.6 is 0 Å². The second kappa shape index (κ2) is 11.9. The first-order valence-corrected chi connectivity index (χ1v) is 16.6. The third kappa shape index (κ3) is 5.94. The molecule has 3 aromatic rings. The Morgan fingerprint density at radius 1 is 1.05 bits per heavy atom. The lowest BCUT2D eigenvalue weighted by atomic mass is 9.62. The van der Waals surface area contributed by atoms with Gasteiger partial charge < -0.3 is 26.4 Å². The molecule has 0 amide bonds. The van der Waals surface area contributed by atoms with E-state index >= 15 is 0 Å². The Kier molecular flexibility index (Phi) is 8.17. The normalized spacial score (nSPS) is 26.9. The van der Waals surface area contributed by atoms with Gasteiger partial charge in [0, 0.05) is 11.5 Å². The van der Waals surface area contributed by atoms with Crippen molar-refractivity contribution in [3.05, 3.63) is 106 Å². The topological polar surface area (TPSA) is 168 Å². The van der Waals surface area contributed by atoms with Gasteiger partial charge in [-0.2, -0.15) is 8.42 Å². The summed E-state index contributed by atoms with van der Waals surface area (Å²) in [6.07, 6.45) is 3.16. The number of nitrogens with zero attached hydrogens (tertiary/aromatic N) is 1. The monoisotopic (exact) mass is 617 g/mol. The van der Waals surface area contributed by atoms with E-state index in [-0.39, 0.29) is 35.9 Å². The molecular weight excluding hydrogens is 578 g/mol. The minimum Gasteiger partial charge on any atom is -0.508 e. The highest BCUT2D eigenvalue weighted by molar-refractivity contribution is 7.86. The van der Waals surface area contributed by atoms with Crippen molar-refractivity contribution in [2.24, 2.45) is 28.3 Å². The molecule has 2 aliphatic carbocycles. The van der Waals surface area contributed by atoms with Crippen LogP contribution in [-0.4, -0.2) is 34.4 Å². The van der Waals surface area contributed by atoms with Gasteiger partial charge in [0.15, 0.2) is 5.96 Å². The highest BCUT2D eigenvalue weighted by Gasteiger charge is 2.46. The number of aryl methyl sites for hydroxylation is 1. The quantitative estimate of drug-likeness (QED) is 0.112. The summed E-state index contributed by atoms with van der Waals surface area (Å²) in [6.45, 7) is 2.01. The predicted molar refractivity (Wildman–Crippen MR) is 169 cm³/mol. The lowest BCUT2D eigenvalue weighted by molar-refractivity contribution is 0.183. The SMILES string of the molecule is CC[C@@H]1C[C@@H](S(=O)(=O)O)[C@@H]2C=C([C@@H](O)c3ccc(O)cc3)C[C@H]3CCc4cc(ccc4[C@H]32)[C@H](N=C(N)N)Oc2ccc1cc2. The van der Waals surface area contributed by atoms with Gasteiger partial charge in [-0.25, -0.2) is 4.99 Å². The summed E-state index contributed by atoms with van der Waals surface area (Å²) < 4.78 is 43.7. The highest BCUT2D eigenvalue weighted by atomic mass is 32.2. The van der Waals surface area contributed by atoms with Crippen molar-refractivity contribution in [2.45, 2.75) is 68.4 Å². The maximum absolute atomic E-state index is 13.3. The van der Waals surface area contributed by atoms with E-state index < -0.39 is 33.6 Å². The average Bonchev–Trinajstić information content (AvgIpc) is 3.00. The molecule has 6 aliphatic rings. The molecule has 4 aliphatic heterocycles. The van der Waals surface area contributed by atoms with Crippen LogP contribution in [0.4, 0.5) is 0 Å². The molecule has 3 aromatic carbocycles. The number of allylic oxidation sites excluding steroid dienone is 1. The highest BCUT2D eigenvalue weighted by Crippen LogP contribution is 2.53. The van der Waals surface area contributed by atoms with Gasteiger partial charge in [-0.3, -0.25) is 4.55 Å². The number of hydrogen-bond acceptors (Lipinski definition) is 6. The van der Waals surface area contributed by atoms with E-state index in [4.69, 9.17) is 16.2 Å². The minimum absolute atomic E-state index is 0.0498. The molecule has 0 radical (unpaired) electrons. The molecule has 9 nitrogen and oxygen atoms in total. The number of aliphatic hydroxyl groups is 1. The molecule has 0 unspecified atom stereocenters. The number of nitrogens with two attached hydrogens (primary N) is 2. The van der Waals surface area contributed by atoms with Crippen molar-refractivity contribution < 1.29 is 27.9 Å². The van der Waals surface area contributed by atoms with Gasteiger partial charge in [0.25, 0.3) is 10.1 Å². The van der Waals surface area contributed by atoms with Crippen LogP contribution in [0.3, 0.4) is 0 Å². The van der Waals surface area contributed by atoms with Crippen LogP contribution in [0.2, 0.25) is 0 Å². The van der Waals surface area contributed by atoms with Crippen LogP contribution in [0, 0.1) is 11.8 Å². The number of aliphatic imine (C=N–C) groups is 1. The maximum Gasteiger partial charge on any atom is 0.268 e. The lowest BCUT2D eigenvalue weighted by Gasteiger charge is -2.45. The molecule has 7 N–H and O–H groups in total. The van der Waals surface area contributed by atoms with Gasteiger partial charge in [0.05, 0.1) is 5.25 Å². The van der Waals surface area contributed by atoms with Crippen molar-refractivity contribution in [1.82, 2.24) is 0 Å². The van der Waals surface area contributed by atoms with E-state index in [0.29, 0.717) is 24.2 Å². The summed E-state index contributed by atoms with van der Waals surface area (Å²) >= 11 is 0. The summed E-state index contributed by atoms with van der Waals surface area (Å²) in [7, 11) is -4.51. The molecule has 0 saturated heterocycles. The molecular formula is C34H39N3O6S. The van der Waals surface area contributed by atoms with Crippen LogP contribution in [0.25, 0.3) is 0 Å². The zero-order chi connectivity index (χ0) is 31.2. The molecule has 6 bridgehead atoms. The molecule has 9 rings (SSSR count). The van der Waals surface area contributed by atoms with E-state index in [9.17, 15) is 23.2 Å². The van der Waals surface area contributed by atoms with Gasteiger partial charge in [0.1, 0.15) is 17.6 Å². The van der Waals surface area contributed by atoms with Crippen LogP contribution in [0.1, 0.15) is 84.6 Å². The van der Waals surface area contributed by atoms with Crippen molar-refractivity contribution in [2.75, 3.05) is 0 Å². The molecule has 7 atom stereocenters. The summed E-state index contributed by atoms with van der Waals surface area (Å²) in [5.41, 5.74) is 16.7. The number of hydrogen-bond donors (Lipinski definition) is 5. The number of aromatic hydroxyl groups is 1. The summed E-state index contributed by atoms with van der Waals surface area (Å²) in [5, 5.41) is 20.2. The Morgan fingerprint density at radius 2 is 1.75 bits per heavy atom. The van der Waals surface area contributed by atoms with E-state index in [0.717, 1.165) is 40.7 Å². The lowest BCUT2D eigenvalue weighted by Crippen LogP contribution is -2.41. The van der Waals surface area contributed by atoms with Crippen molar-refractivity contribution in [3.63, 3.8) is 0 Å². The van der Waals surface area contributed by atoms with Gasteiger partial charge in [-0.1, -0.05) is 49.4 Å². The number of benzene rings is 3. The zero-order valence-electron chi connectivity index (χ0n) is 24.6. The molecule has 232 valence electrons. The van der Waals surface area contributed by atoms with Crippen LogP contribution in [0.5, 0.6) is 11.5 Å². The maximum atomic E-state index is 13.3. The molecule has 0 aromatic heterocycles. The molecule has 0 fully saturated rings. The number of ether oxygens (including phenoxy) is 1. The summed E-state index contributed by atoms with van der Waals surface area (Å²) in [6, 6.07) is 19.9. The van der Waals surface area contributed by atoms with E-state index in [2.05, 4.69) is 4.99 Å². The standard InChI is InChI=1S/C34H39N3O6S/c1-2-19-18-30(44(40,41)42)29-17-25(32(39)21-5-10-26(38)11-6-21)16-23-4-3-22-15-24(9-14-28(22)31(23)29)33(37-34(35)36)43-27-12-7-20(19)8-13-27/h5-15,17,19,23,29-33,38-39H,2-4,16,18H2,1H3,(H4,35,36,37)(H,40,41,42)/t19-,23-,29+,30-,31+,32+,33-/m1/s1. The average molecular weight is 618 g/mol.